The van der Waals surface area contributed by atoms with Crippen molar-refractivity contribution in [3.63, 3.8) is 0 Å². The Hall–Kier alpha value is -0.730. The molecular weight excluding hydrogens is 222 g/mol. The van der Waals surface area contributed by atoms with Gasteiger partial charge in [0.05, 0.1) is 0 Å². The second kappa shape index (κ2) is 3.64. The summed E-state index contributed by atoms with van der Waals surface area (Å²) in [7, 11) is 0. The van der Waals surface area contributed by atoms with E-state index in [0.29, 0.717) is 16.8 Å². The quantitative estimate of drug-likeness (QED) is 0.584. The van der Waals surface area contributed by atoms with Crippen LogP contribution < -0.4 is 11.1 Å². The largest absolute Gasteiger partial charge is 0.370 e. The summed E-state index contributed by atoms with van der Waals surface area (Å²) in [4.78, 5) is 4.33. The number of hydrogen-bond donors (Lipinski definition) is 2. The molecule has 3 heteroatoms. The monoisotopic (exact) mass is 249 g/mol. The first-order valence-electron chi connectivity index (χ1n) is 7.44. The predicted octanol–water partition coefficient (Wildman–Crippen LogP) is 2.66. The highest BCUT2D eigenvalue weighted by Gasteiger charge is 2.60. The van der Waals surface area contributed by atoms with E-state index < -0.39 is 0 Å². The summed E-state index contributed by atoms with van der Waals surface area (Å²) in [5.41, 5.74) is 7.34. The van der Waals surface area contributed by atoms with Crippen molar-refractivity contribution in [2.24, 2.45) is 27.5 Å². The summed E-state index contributed by atoms with van der Waals surface area (Å²) in [6, 6.07) is 0. The number of aliphatic imine (C=N–C) groups is 1. The van der Waals surface area contributed by atoms with Crippen LogP contribution in [0.25, 0.3) is 0 Å². The van der Waals surface area contributed by atoms with E-state index in [-0.39, 0.29) is 5.54 Å². The Balaban J connectivity index is 1.87. The summed E-state index contributed by atoms with van der Waals surface area (Å²) in [5, 5.41) is 3.60. The van der Waals surface area contributed by atoms with Gasteiger partial charge in [-0.15, -0.1) is 0 Å². The van der Waals surface area contributed by atoms with E-state index in [0.717, 1.165) is 12.5 Å². The van der Waals surface area contributed by atoms with Crippen molar-refractivity contribution < 1.29 is 0 Å². The molecule has 3 N–H and O–H groups in total. The van der Waals surface area contributed by atoms with Gasteiger partial charge >= 0.3 is 0 Å². The Bertz CT molecular complexity index is 369. The van der Waals surface area contributed by atoms with Gasteiger partial charge in [0.2, 0.25) is 0 Å². The third kappa shape index (κ3) is 1.92. The van der Waals surface area contributed by atoms with Gasteiger partial charge in [0, 0.05) is 12.1 Å². The lowest BCUT2D eigenvalue weighted by Crippen LogP contribution is -2.66. The highest BCUT2D eigenvalue weighted by Crippen LogP contribution is 2.66. The van der Waals surface area contributed by atoms with E-state index in [2.05, 4.69) is 24.2 Å². The van der Waals surface area contributed by atoms with Gasteiger partial charge in [-0.3, -0.25) is 4.99 Å². The van der Waals surface area contributed by atoms with Gasteiger partial charge in [-0.05, 0) is 62.2 Å². The molecule has 2 atom stereocenters. The third-order valence-electron chi connectivity index (χ3n) is 5.35. The Morgan fingerprint density at radius 1 is 1.17 bits per heavy atom. The van der Waals surface area contributed by atoms with E-state index in [1.807, 2.05) is 6.92 Å². The molecule has 0 aromatic heterocycles. The normalized spacial score (nSPS) is 50.6. The molecule has 0 aliphatic heterocycles. The zero-order valence-corrected chi connectivity index (χ0v) is 12.1. The molecule has 18 heavy (non-hydrogen) atoms. The summed E-state index contributed by atoms with van der Waals surface area (Å²) in [5.74, 6) is 1.56. The van der Waals surface area contributed by atoms with Crippen LogP contribution in [0.2, 0.25) is 0 Å². The van der Waals surface area contributed by atoms with Crippen molar-refractivity contribution >= 4 is 5.96 Å². The van der Waals surface area contributed by atoms with Crippen LogP contribution in [-0.4, -0.2) is 18.0 Å². The molecule has 4 rings (SSSR count). The lowest BCUT2D eigenvalue weighted by molar-refractivity contribution is -0.112. The number of nitrogens with one attached hydrogen (secondary N) is 1. The van der Waals surface area contributed by atoms with E-state index in [4.69, 9.17) is 5.73 Å². The molecule has 0 amide bonds. The smallest absolute Gasteiger partial charge is 0.189 e. The first-order valence-corrected chi connectivity index (χ1v) is 7.44. The van der Waals surface area contributed by atoms with Crippen molar-refractivity contribution in [1.82, 2.24) is 5.32 Å². The highest BCUT2D eigenvalue weighted by molar-refractivity contribution is 5.78. The number of nitrogens with two attached hydrogens (primary N) is 1. The fraction of sp³-hybridized carbons (Fsp3) is 0.933. The van der Waals surface area contributed by atoms with Gasteiger partial charge in [0.1, 0.15) is 0 Å². The highest BCUT2D eigenvalue weighted by atomic mass is 15.1. The summed E-state index contributed by atoms with van der Waals surface area (Å²) in [6.45, 7) is 7.78. The molecule has 0 radical (unpaired) electrons. The average molecular weight is 249 g/mol. The Morgan fingerprint density at radius 3 is 2.28 bits per heavy atom. The topological polar surface area (TPSA) is 50.4 Å². The average Bonchev–Trinajstić information content (AvgIpc) is 2.09. The maximum atomic E-state index is 6.03. The molecule has 0 aromatic carbocycles. The number of hydrogen-bond acceptors (Lipinski definition) is 1. The van der Waals surface area contributed by atoms with Crippen LogP contribution in [0.1, 0.15) is 59.3 Å². The second-order valence-electron chi connectivity index (χ2n) is 7.89. The van der Waals surface area contributed by atoms with Crippen molar-refractivity contribution in [2.75, 3.05) is 6.54 Å². The molecule has 2 unspecified atom stereocenters. The van der Waals surface area contributed by atoms with Crippen molar-refractivity contribution in [2.45, 2.75) is 64.8 Å². The van der Waals surface area contributed by atoms with E-state index >= 15 is 0 Å². The molecule has 4 bridgehead atoms. The number of nitrogens with zero attached hydrogens (tertiary/aromatic N) is 1. The molecule has 4 saturated carbocycles. The van der Waals surface area contributed by atoms with Crippen LogP contribution in [0, 0.1) is 16.7 Å². The van der Waals surface area contributed by atoms with E-state index in [9.17, 15) is 0 Å². The van der Waals surface area contributed by atoms with Gasteiger partial charge in [0.15, 0.2) is 5.96 Å². The molecule has 102 valence electrons. The lowest BCUT2D eigenvalue weighted by atomic mass is 9.43. The van der Waals surface area contributed by atoms with Gasteiger partial charge < -0.3 is 11.1 Å². The molecule has 3 nitrogen and oxygen atoms in total. The standard InChI is InChI=1S/C15H27N3/c1-4-17-12(16)18-15-7-11-5-13(2,9-15)8-14(3,6-11)10-15/h11H,4-10H2,1-3H3,(H3,16,17,18). The zero-order chi connectivity index (χ0) is 13.0. The molecule has 4 fully saturated rings. The summed E-state index contributed by atoms with van der Waals surface area (Å²) >= 11 is 0. The van der Waals surface area contributed by atoms with Crippen molar-refractivity contribution in [3.8, 4) is 0 Å². The summed E-state index contributed by atoms with van der Waals surface area (Å²) < 4.78 is 0. The van der Waals surface area contributed by atoms with Crippen LogP contribution in [0.3, 0.4) is 0 Å². The molecule has 0 spiro atoms. The molecule has 4 aliphatic carbocycles. The van der Waals surface area contributed by atoms with E-state index in [1.54, 1.807) is 0 Å². The van der Waals surface area contributed by atoms with Crippen LogP contribution in [0.15, 0.2) is 4.99 Å². The fourth-order valence-corrected chi connectivity index (χ4v) is 6.07. The lowest BCUT2D eigenvalue weighted by Gasteiger charge is -2.65. The number of guanidine groups is 1. The summed E-state index contributed by atoms with van der Waals surface area (Å²) in [6.07, 6.45) is 8.13. The second-order valence-corrected chi connectivity index (χ2v) is 7.89. The van der Waals surface area contributed by atoms with Gasteiger partial charge in [-0.2, -0.15) is 0 Å². The van der Waals surface area contributed by atoms with Crippen molar-refractivity contribution in [1.29, 1.82) is 0 Å². The van der Waals surface area contributed by atoms with Crippen LogP contribution >= 0.6 is 0 Å². The Labute approximate surface area is 111 Å². The molecular formula is C15H27N3. The maximum absolute atomic E-state index is 6.03. The first kappa shape index (κ1) is 12.3. The zero-order valence-electron chi connectivity index (χ0n) is 12.1. The fourth-order valence-electron chi connectivity index (χ4n) is 6.07. The predicted molar refractivity (Wildman–Crippen MR) is 75.4 cm³/mol. The first-order chi connectivity index (χ1) is 8.36. The van der Waals surface area contributed by atoms with Crippen LogP contribution in [0.5, 0.6) is 0 Å². The van der Waals surface area contributed by atoms with Crippen LogP contribution in [0.4, 0.5) is 0 Å². The Morgan fingerprint density at radius 2 is 1.78 bits per heavy atom. The minimum atomic E-state index is 0.242. The van der Waals surface area contributed by atoms with Gasteiger partial charge in [-0.25, -0.2) is 0 Å². The molecule has 4 aliphatic rings. The number of rotatable bonds is 2. The minimum absolute atomic E-state index is 0.242. The van der Waals surface area contributed by atoms with E-state index in [1.165, 1.54) is 38.5 Å². The SMILES string of the molecule is CCN=C(N)NC12CC3CC(C)(CC(C)(C3)C1)C2. The molecule has 0 aromatic rings. The van der Waals surface area contributed by atoms with Gasteiger partial charge in [-0.1, -0.05) is 13.8 Å². The van der Waals surface area contributed by atoms with Crippen molar-refractivity contribution in [3.05, 3.63) is 0 Å². The minimum Gasteiger partial charge on any atom is -0.370 e. The Kier molecular flexibility index (Phi) is 2.49. The molecule has 0 heterocycles. The van der Waals surface area contributed by atoms with Gasteiger partial charge in [0.25, 0.3) is 0 Å². The maximum Gasteiger partial charge on any atom is 0.189 e. The third-order valence-corrected chi connectivity index (χ3v) is 5.35. The van der Waals surface area contributed by atoms with Crippen LogP contribution in [-0.2, 0) is 0 Å². The molecule has 0 saturated heterocycles.